The van der Waals surface area contributed by atoms with Gasteiger partial charge in [0, 0.05) is 6.20 Å². The quantitative estimate of drug-likeness (QED) is 0.835. The van der Waals surface area contributed by atoms with Crippen LogP contribution in [0.5, 0.6) is 0 Å². The molecule has 2 aromatic heterocycles. The van der Waals surface area contributed by atoms with Crippen molar-refractivity contribution in [1.82, 2.24) is 20.0 Å². The highest BCUT2D eigenvalue weighted by Gasteiger charge is 2.32. The Bertz CT molecular complexity index is 699. The lowest BCUT2D eigenvalue weighted by molar-refractivity contribution is -0.152. The van der Waals surface area contributed by atoms with Crippen LogP contribution in [0.4, 0.5) is 11.5 Å². The van der Waals surface area contributed by atoms with Gasteiger partial charge in [0.1, 0.15) is 6.07 Å². The van der Waals surface area contributed by atoms with E-state index in [1.807, 2.05) is 6.07 Å². The van der Waals surface area contributed by atoms with Crippen LogP contribution in [0.2, 0.25) is 0 Å². The summed E-state index contributed by atoms with van der Waals surface area (Å²) in [4.78, 5) is 11.9. The maximum atomic E-state index is 11.9. The molecule has 0 aliphatic carbocycles. The summed E-state index contributed by atoms with van der Waals surface area (Å²) in [5.74, 6) is 0.121. The van der Waals surface area contributed by atoms with Crippen molar-refractivity contribution < 1.29 is 9.53 Å². The topological polar surface area (TPSA) is 106 Å². The Kier molecular flexibility index (Phi) is 4.36. The van der Waals surface area contributed by atoms with Gasteiger partial charge in [-0.05, 0) is 32.9 Å². The number of aromatic nitrogens is 4. The van der Waals surface area contributed by atoms with E-state index in [9.17, 15) is 4.79 Å². The van der Waals surface area contributed by atoms with E-state index in [2.05, 4.69) is 20.6 Å². The van der Waals surface area contributed by atoms with Crippen molar-refractivity contribution in [2.45, 2.75) is 26.3 Å². The Morgan fingerprint density at radius 1 is 1.45 bits per heavy atom. The number of nitrogens with one attached hydrogen (secondary N) is 1. The molecule has 0 spiro atoms. The molecule has 2 aromatic rings. The molecule has 114 valence electrons. The van der Waals surface area contributed by atoms with Gasteiger partial charge in [-0.15, -0.1) is 10.2 Å². The lowest BCUT2D eigenvalue weighted by Gasteiger charge is -2.22. The number of nitrogens with zero attached hydrogens (tertiary/aromatic N) is 5. The molecule has 1 N–H and O–H groups in total. The van der Waals surface area contributed by atoms with Gasteiger partial charge in [0.2, 0.25) is 0 Å². The van der Waals surface area contributed by atoms with Crippen LogP contribution in [0.1, 0.15) is 26.5 Å². The number of hydrogen-bond donors (Lipinski definition) is 1. The Morgan fingerprint density at radius 2 is 2.23 bits per heavy atom. The predicted molar refractivity (Wildman–Crippen MR) is 78.2 cm³/mol. The largest absolute Gasteiger partial charge is 0.464 e. The van der Waals surface area contributed by atoms with Gasteiger partial charge in [-0.1, -0.05) is 0 Å². The van der Waals surface area contributed by atoms with Crippen LogP contribution in [-0.2, 0) is 15.1 Å². The van der Waals surface area contributed by atoms with Crippen molar-refractivity contribution in [3.8, 4) is 6.07 Å². The smallest absolute Gasteiger partial charge is 0.333 e. The van der Waals surface area contributed by atoms with E-state index in [1.165, 1.54) is 4.68 Å². The lowest BCUT2D eigenvalue weighted by Crippen LogP contribution is -2.37. The van der Waals surface area contributed by atoms with Crippen molar-refractivity contribution >= 4 is 17.5 Å². The predicted octanol–water partition coefficient (Wildman–Crippen LogP) is 1.59. The number of rotatable bonds is 5. The van der Waals surface area contributed by atoms with Gasteiger partial charge in [0.15, 0.2) is 17.1 Å². The number of carbonyl (C=O) groups is 1. The Morgan fingerprint density at radius 3 is 2.82 bits per heavy atom. The van der Waals surface area contributed by atoms with Crippen LogP contribution >= 0.6 is 0 Å². The summed E-state index contributed by atoms with van der Waals surface area (Å²) in [5.41, 5.74) is -0.0206. The average Bonchev–Trinajstić information content (AvgIpc) is 2.97. The highest BCUT2D eigenvalue weighted by molar-refractivity contribution is 5.77. The fraction of sp³-hybridized carbons (Fsp3) is 0.357. The second-order valence-electron chi connectivity index (χ2n) is 4.99. The monoisotopic (exact) mass is 300 g/mol. The SMILES string of the molecule is CCOC(=O)C(C)(C)n1cc(Nc2ccc(C#N)nn2)cn1. The van der Waals surface area contributed by atoms with E-state index < -0.39 is 5.54 Å². The van der Waals surface area contributed by atoms with E-state index in [4.69, 9.17) is 10.00 Å². The zero-order valence-electron chi connectivity index (χ0n) is 12.6. The molecule has 0 bridgehead atoms. The zero-order chi connectivity index (χ0) is 16.2. The maximum Gasteiger partial charge on any atom is 0.333 e. The molecule has 0 atom stereocenters. The fourth-order valence-electron chi connectivity index (χ4n) is 1.70. The minimum absolute atomic E-state index is 0.240. The van der Waals surface area contributed by atoms with Crippen LogP contribution in [0.15, 0.2) is 24.5 Å². The van der Waals surface area contributed by atoms with E-state index in [-0.39, 0.29) is 11.7 Å². The van der Waals surface area contributed by atoms with Crippen molar-refractivity contribution in [2.24, 2.45) is 0 Å². The van der Waals surface area contributed by atoms with Gasteiger partial charge in [-0.3, -0.25) is 4.68 Å². The highest BCUT2D eigenvalue weighted by atomic mass is 16.5. The molecule has 2 rings (SSSR count). The third-order valence-corrected chi connectivity index (χ3v) is 2.98. The van der Waals surface area contributed by atoms with Crippen molar-refractivity contribution in [2.75, 3.05) is 11.9 Å². The molecule has 0 aliphatic heterocycles. The molecule has 0 aromatic carbocycles. The molecule has 0 fully saturated rings. The summed E-state index contributed by atoms with van der Waals surface area (Å²) in [5, 5.41) is 23.4. The molecule has 8 heteroatoms. The third kappa shape index (κ3) is 3.20. The van der Waals surface area contributed by atoms with Crippen LogP contribution in [0, 0.1) is 11.3 Å². The third-order valence-electron chi connectivity index (χ3n) is 2.98. The second-order valence-corrected chi connectivity index (χ2v) is 4.99. The van der Waals surface area contributed by atoms with Crippen molar-refractivity contribution in [1.29, 1.82) is 5.26 Å². The first kappa shape index (κ1) is 15.4. The number of esters is 1. The molecular weight excluding hydrogens is 284 g/mol. The normalized spacial score (nSPS) is 10.8. The highest BCUT2D eigenvalue weighted by Crippen LogP contribution is 2.20. The van der Waals surface area contributed by atoms with Crippen molar-refractivity contribution in [3.63, 3.8) is 0 Å². The molecule has 0 radical (unpaired) electrons. The van der Waals surface area contributed by atoms with E-state index in [0.717, 1.165) is 0 Å². The summed E-state index contributed by atoms with van der Waals surface area (Å²) in [6.45, 7) is 5.52. The molecule has 0 aliphatic rings. The zero-order valence-corrected chi connectivity index (χ0v) is 12.6. The summed E-state index contributed by atoms with van der Waals surface area (Å²) < 4.78 is 6.56. The Hall–Kier alpha value is -2.95. The Balaban J connectivity index is 2.14. The molecule has 0 unspecified atom stereocenters. The Labute approximate surface area is 127 Å². The molecule has 8 nitrogen and oxygen atoms in total. The fourth-order valence-corrected chi connectivity index (χ4v) is 1.70. The first-order valence-corrected chi connectivity index (χ1v) is 6.70. The van der Waals surface area contributed by atoms with Gasteiger partial charge in [0.25, 0.3) is 0 Å². The maximum absolute atomic E-state index is 11.9. The van der Waals surface area contributed by atoms with E-state index in [0.29, 0.717) is 18.1 Å². The minimum Gasteiger partial charge on any atom is -0.464 e. The minimum atomic E-state index is -0.910. The molecule has 0 saturated carbocycles. The molecular formula is C14H16N6O2. The number of carbonyl (C=O) groups excluding carboxylic acids is 1. The van der Waals surface area contributed by atoms with E-state index in [1.54, 1.807) is 45.3 Å². The average molecular weight is 300 g/mol. The summed E-state index contributed by atoms with van der Waals surface area (Å²) >= 11 is 0. The van der Waals surface area contributed by atoms with Crippen LogP contribution in [0.3, 0.4) is 0 Å². The van der Waals surface area contributed by atoms with Crippen LogP contribution in [-0.4, -0.2) is 32.6 Å². The number of anilines is 2. The second kappa shape index (κ2) is 6.22. The summed E-state index contributed by atoms with van der Waals surface area (Å²) in [7, 11) is 0. The molecule has 0 saturated heterocycles. The molecule has 0 amide bonds. The van der Waals surface area contributed by atoms with Gasteiger partial charge >= 0.3 is 5.97 Å². The number of ether oxygens (including phenoxy) is 1. The van der Waals surface area contributed by atoms with Gasteiger partial charge in [-0.25, -0.2) is 4.79 Å². The van der Waals surface area contributed by atoms with Gasteiger partial charge in [0.05, 0.1) is 18.5 Å². The van der Waals surface area contributed by atoms with Crippen molar-refractivity contribution in [3.05, 3.63) is 30.2 Å². The van der Waals surface area contributed by atoms with Gasteiger partial charge < -0.3 is 10.1 Å². The van der Waals surface area contributed by atoms with Crippen LogP contribution in [0.25, 0.3) is 0 Å². The van der Waals surface area contributed by atoms with Crippen LogP contribution < -0.4 is 5.32 Å². The first-order chi connectivity index (χ1) is 10.5. The standard InChI is InChI=1S/C14H16N6O2/c1-4-22-13(21)14(2,3)20-9-11(8-16-20)17-12-6-5-10(7-15)18-19-12/h5-6,8-9H,4H2,1-3H3,(H,17,19). The van der Waals surface area contributed by atoms with Gasteiger partial charge in [-0.2, -0.15) is 10.4 Å². The summed E-state index contributed by atoms with van der Waals surface area (Å²) in [6, 6.07) is 5.09. The number of hydrogen-bond acceptors (Lipinski definition) is 7. The number of nitriles is 1. The molecule has 22 heavy (non-hydrogen) atoms. The first-order valence-electron chi connectivity index (χ1n) is 6.70. The lowest BCUT2D eigenvalue weighted by atomic mass is 10.1. The summed E-state index contributed by atoms with van der Waals surface area (Å²) in [6.07, 6.45) is 3.25. The van der Waals surface area contributed by atoms with E-state index >= 15 is 0 Å². The molecule has 2 heterocycles.